The van der Waals surface area contributed by atoms with Crippen LogP contribution in [0.1, 0.15) is 19.8 Å². The molecule has 23 heavy (non-hydrogen) atoms. The third-order valence-corrected chi connectivity index (χ3v) is 5.28. The molecule has 2 aromatic rings. The quantitative estimate of drug-likeness (QED) is 0.843. The molecule has 5 nitrogen and oxygen atoms in total. The van der Waals surface area contributed by atoms with Gasteiger partial charge in [-0.15, -0.1) is 0 Å². The van der Waals surface area contributed by atoms with Gasteiger partial charge in [-0.2, -0.15) is 0 Å². The average molecular weight is 334 g/mol. The number of rotatable bonds is 5. The van der Waals surface area contributed by atoms with E-state index in [0.717, 1.165) is 34.8 Å². The van der Waals surface area contributed by atoms with Crippen molar-refractivity contribution in [3.05, 3.63) is 24.3 Å². The maximum Gasteiger partial charge on any atom is 0.234 e. The van der Waals surface area contributed by atoms with Crippen molar-refractivity contribution < 1.29 is 14.3 Å². The number of thiazole rings is 1. The lowest BCUT2D eigenvalue weighted by molar-refractivity contribution is -0.130. The van der Waals surface area contributed by atoms with E-state index in [1.54, 1.807) is 23.3 Å². The summed E-state index contributed by atoms with van der Waals surface area (Å²) in [6, 6.07) is 7.95. The molecule has 0 saturated carbocycles. The van der Waals surface area contributed by atoms with Gasteiger partial charge in [0.1, 0.15) is 0 Å². The molecule has 124 valence electrons. The number of benzene rings is 1. The Morgan fingerprint density at radius 2 is 2.30 bits per heavy atom. The summed E-state index contributed by atoms with van der Waals surface area (Å²) >= 11 is 1.55. The van der Waals surface area contributed by atoms with Crippen LogP contribution in [0.5, 0.6) is 0 Å². The summed E-state index contributed by atoms with van der Waals surface area (Å²) in [5.74, 6) is -0.0130. The van der Waals surface area contributed by atoms with Crippen molar-refractivity contribution in [2.45, 2.75) is 25.9 Å². The maximum atomic E-state index is 13.0. The molecule has 0 N–H and O–H groups in total. The first-order chi connectivity index (χ1) is 11.2. The molecule has 0 bridgehead atoms. The molecule has 2 heterocycles. The molecule has 0 radical (unpaired) electrons. The third kappa shape index (κ3) is 3.54. The topological polar surface area (TPSA) is 51.7 Å². The van der Waals surface area contributed by atoms with Gasteiger partial charge in [-0.25, -0.2) is 4.98 Å². The number of ether oxygens (including phenoxy) is 2. The minimum absolute atomic E-state index is 0.0457. The van der Waals surface area contributed by atoms with E-state index in [1.165, 1.54) is 0 Å². The molecule has 0 spiro atoms. The van der Waals surface area contributed by atoms with Crippen LogP contribution in [0, 0.1) is 5.92 Å². The van der Waals surface area contributed by atoms with Crippen LogP contribution in [0.15, 0.2) is 24.3 Å². The molecule has 0 aliphatic carbocycles. The first-order valence-corrected chi connectivity index (χ1v) is 8.80. The summed E-state index contributed by atoms with van der Waals surface area (Å²) in [5.41, 5.74) is 0.927. The van der Waals surface area contributed by atoms with E-state index < -0.39 is 0 Å². The van der Waals surface area contributed by atoms with E-state index >= 15 is 0 Å². The molecule has 1 amide bonds. The largest absolute Gasteiger partial charge is 0.383 e. The summed E-state index contributed by atoms with van der Waals surface area (Å²) in [7, 11) is 1.65. The van der Waals surface area contributed by atoms with Crippen LogP contribution < -0.4 is 4.90 Å². The van der Waals surface area contributed by atoms with Crippen LogP contribution in [-0.4, -0.2) is 43.9 Å². The SMILES string of the molecule is COCCN(C(=O)[C@@H]1CCCO[C@@H]1C)c1nc2ccccc2s1. The zero-order valence-electron chi connectivity index (χ0n) is 13.5. The van der Waals surface area contributed by atoms with Crippen molar-refractivity contribution in [2.75, 3.05) is 31.8 Å². The fraction of sp³-hybridized carbons (Fsp3) is 0.529. The molecular weight excluding hydrogens is 312 g/mol. The Morgan fingerprint density at radius 3 is 3.04 bits per heavy atom. The standard InChI is InChI=1S/C17H22N2O3S/c1-12-13(6-5-10-22-12)16(20)19(9-11-21-2)17-18-14-7-3-4-8-15(14)23-17/h3-4,7-8,12-13H,5-6,9-11H2,1-2H3/t12-,13-/m1/s1. The highest BCUT2D eigenvalue weighted by molar-refractivity contribution is 7.22. The summed E-state index contributed by atoms with van der Waals surface area (Å²) in [6.45, 7) is 3.72. The van der Waals surface area contributed by atoms with Crippen molar-refractivity contribution in [3.63, 3.8) is 0 Å². The number of para-hydroxylation sites is 1. The summed E-state index contributed by atoms with van der Waals surface area (Å²) < 4.78 is 11.9. The van der Waals surface area contributed by atoms with Crippen LogP contribution >= 0.6 is 11.3 Å². The monoisotopic (exact) mass is 334 g/mol. The van der Waals surface area contributed by atoms with Gasteiger partial charge >= 0.3 is 0 Å². The van der Waals surface area contributed by atoms with Crippen LogP contribution in [0.4, 0.5) is 5.13 Å². The van der Waals surface area contributed by atoms with E-state index in [-0.39, 0.29) is 17.9 Å². The summed E-state index contributed by atoms with van der Waals surface area (Å²) in [4.78, 5) is 19.5. The number of methoxy groups -OCH3 is 1. The zero-order chi connectivity index (χ0) is 16.2. The lowest BCUT2D eigenvalue weighted by Gasteiger charge is -2.32. The van der Waals surface area contributed by atoms with Crippen molar-refractivity contribution in [1.82, 2.24) is 4.98 Å². The molecular formula is C17H22N2O3S. The Labute approximate surface area is 140 Å². The first kappa shape index (κ1) is 16.4. The van der Waals surface area contributed by atoms with E-state index in [0.29, 0.717) is 13.2 Å². The van der Waals surface area contributed by atoms with E-state index in [4.69, 9.17) is 9.47 Å². The molecule has 0 unspecified atom stereocenters. The van der Waals surface area contributed by atoms with Gasteiger partial charge in [0.25, 0.3) is 0 Å². The highest BCUT2D eigenvalue weighted by Crippen LogP contribution is 2.31. The molecule has 2 atom stereocenters. The Bertz CT molecular complexity index is 640. The Morgan fingerprint density at radius 1 is 1.48 bits per heavy atom. The number of hydrogen-bond acceptors (Lipinski definition) is 5. The lowest BCUT2D eigenvalue weighted by atomic mass is 9.94. The Kier molecular flexibility index (Phi) is 5.25. The molecule has 3 rings (SSSR count). The van der Waals surface area contributed by atoms with Crippen molar-refractivity contribution in [3.8, 4) is 0 Å². The van der Waals surface area contributed by atoms with Crippen molar-refractivity contribution in [1.29, 1.82) is 0 Å². The molecule has 1 fully saturated rings. The number of carbonyl (C=O) groups excluding carboxylic acids is 1. The number of fused-ring (bicyclic) bond motifs is 1. The lowest BCUT2D eigenvalue weighted by Crippen LogP contribution is -2.44. The van der Waals surface area contributed by atoms with Crippen LogP contribution in [-0.2, 0) is 14.3 Å². The van der Waals surface area contributed by atoms with E-state index in [1.807, 2.05) is 31.2 Å². The van der Waals surface area contributed by atoms with Gasteiger partial charge in [-0.05, 0) is 31.9 Å². The van der Waals surface area contributed by atoms with Gasteiger partial charge in [0.05, 0.1) is 35.4 Å². The molecule has 6 heteroatoms. The van der Waals surface area contributed by atoms with Gasteiger partial charge in [-0.3, -0.25) is 9.69 Å². The summed E-state index contributed by atoms with van der Waals surface area (Å²) in [5, 5.41) is 0.742. The molecule has 1 aromatic heterocycles. The Balaban J connectivity index is 1.88. The second-order valence-electron chi connectivity index (χ2n) is 5.77. The van der Waals surface area contributed by atoms with Crippen LogP contribution in [0.25, 0.3) is 10.2 Å². The number of amides is 1. The first-order valence-electron chi connectivity index (χ1n) is 7.98. The normalized spacial score (nSPS) is 21.5. The van der Waals surface area contributed by atoms with Crippen LogP contribution in [0.2, 0.25) is 0 Å². The number of hydrogen-bond donors (Lipinski definition) is 0. The van der Waals surface area contributed by atoms with Crippen molar-refractivity contribution in [2.24, 2.45) is 5.92 Å². The molecule has 1 aromatic carbocycles. The highest BCUT2D eigenvalue weighted by Gasteiger charge is 2.33. The minimum atomic E-state index is -0.104. The number of carbonyl (C=O) groups is 1. The molecule has 1 saturated heterocycles. The van der Waals surface area contributed by atoms with E-state index in [2.05, 4.69) is 4.98 Å². The summed E-state index contributed by atoms with van der Waals surface area (Å²) in [6.07, 6.45) is 1.75. The average Bonchev–Trinajstić information content (AvgIpc) is 2.99. The van der Waals surface area contributed by atoms with Gasteiger partial charge in [0, 0.05) is 13.7 Å². The Hall–Kier alpha value is -1.50. The maximum absolute atomic E-state index is 13.0. The minimum Gasteiger partial charge on any atom is -0.383 e. The second-order valence-corrected chi connectivity index (χ2v) is 6.78. The number of nitrogens with zero attached hydrogens (tertiary/aromatic N) is 2. The predicted molar refractivity (Wildman–Crippen MR) is 92.0 cm³/mol. The van der Waals surface area contributed by atoms with Crippen LogP contribution in [0.3, 0.4) is 0 Å². The number of aromatic nitrogens is 1. The van der Waals surface area contributed by atoms with Gasteiger partial charge in [0.15, 0.2) is 5.13 Å². The zero-order valence-corrected chi connectivity index (χ0v) is 14.3. The fourth-order valence-electron chi connectivity index (χ4n) is 2.91. The predicted octanol–water partition coefficient (Wildman–Crippen LogP) is 3.09. The molecule has 1 aliphatic heterocycles. The fourth-order valence-corrected chi connectivity index (χ4v) is 3.90. The van der Waals surface area contributed by atoms with Gasteiger partial charge in [0.2, 0.25) is 5.91 Å². The van der Waals surface area contributed by atoms with Gasteiger partial charge in [-0.1, -0.05) is 23.5 Å². The molecule has 1 aliphatic rings. The highest BCUT2D eigenvalue weighted by atomic mass is 32.1. The number of anilines is 1. The van der Waals surface area contributed by atoms with Crippen molar-refractivity contribution >= 4 is 32.6 Å². The smallest absolute Gasteiger partial charge is 0.234 e. The van der Waals surface area contributed by atoms with Gasteiger partial charge < -0.3 is 9.47 Å². The second kappa shape index (κ2) is 7.38. The van der Waals surface area contributed by atoms with E-state index in [9.17, 15) is 4.79 Å². The third-order valence-electron chi connectivity index (χ3n) is 4.22.